The summed E-state index contributed by atoms with van der Waals surface area (Å²) in [6.45, 7) is 6.07. The molecule has 0 aromatic heterocycles. The number of unbranched alkanes of at least 4 members (excludes halogenated alkanes) is 7. The maximum Gasteiger partial charge on any atom is 0.303 e. The van der Waals surface area contributed by atoms with Gasteiger partial charge in [-0.3, -0.25) is 4.79 Å². The second-order valence-corrected chi connectivity index (χ2v) is 4.82. The largest absolute Gasteiger partial charge is 0.481 e. The van der Waals surface area contributed by atoms with Crippen LogP contribution in [0, 0.1) is 0 Å². The maximum absolute atomic E-state index is 10.0. The fraction of sp³-hybridized carbons (Fsp3) is 0.933. The molecule has 0 amide bonds. The number of carboxylic acids is 1. The quantitative estimate of drug-likeness (QED) is 0.376. The minimum Gasteiger partial charge on any atom is -0.481 e. The van der Waals surface area contributed by atoms with Crippen LogP contribution in [0.25, 0.3) is 0 Å². The molecule has 19 heavy (non-hydrogen) atoms. The van der Waals surface area contributed by atoms with E-state index in [4.69, 9.17) is 10.8 Å². The molecule has 0 radical (unpaired) electrons. The SMILES string of the molecule is CCCCCCCC(=O)O.CCCCCCNCN. The van der Waals surface area contributed by atoms with Gasteiger partial charge in [0.05, 0.1) is 0 Å². The molecule has 0 saturated carbocycles. The third-order valence-electron chi connectivity index (χ3n) is 2.85. The van der Waals surface area contributed by atoms with E-state index in [-0.39, 0.29) is 0 Å². The van der Waals surface area contributed by atoms with Crippen LogP contribution in [-0.2, 0) is 4.79 Å². The predicted octanol–water partition coefficient (Wildman–Crippen LogP) is 3.50. The highest BCUT2D eigenvalue weighted by Gasteiger charge is 1.94. The Balaban J connectivity index is 0. The minimum atomic E-state index is -0.670. The molecule has 116 valence electrons. The maximum atomic E-state index is 10.0. The molecule has 0 rings (SSSR count). The Bertz CT molecular complexity index is 170. The van der Waals surface area contributed by atoms with Gasteiger partial charge in [-0.15, -0.1) is 0 Å². The van der Waals surface area contributed by atoms with Crippen LogP contribution in [0.3, 0.4) is 0 Å². The van der Waals surface area contributed by atoms with Gasteiger partial charge in [0.15, 0.2) is 0 Å². The van der Waals surface area contributed by atoms with Crippen LogP contribution in [0.2, 0.25) is 0 Å². The van der Waals surface area contributed by atoms with Crippen LogP contribution < -0.4 is 11.1 Å². The molecule has 0 aliphatic heterocycles. The van der Waals surface area contributed by atoms with E-state index in [1.165, 1.54) is 44.9 Å². The standard InChI is InChI=1S/C8H16O2.C7H18N2/c1-2-3-4-5-6-7-8(9)10;1-2-3-4-5-6-9-7-8/h2-7H2,1H3,(H,9,10);9H,2-8H2,1H3. The van der Waals surface area contributed by atoms with Crippen molar-refractivity contribution in [2.24, 2.45) is 5.73 Å². The zero-order chi connectivity index (χ0) is 14.8. The summed E-state index contributed by atoms with van der Waals surface area (Å²) in [7, 11) is 0. The highest BCUT2D eigenvalue weighted by Crippen LogP contribution is 2.04. The fourth-order valence-electron chi connectivity index (χ4n) is 1.66. The molecule has 0 aliphatic rings. The minimum absolute atomic E-state index is 0.337. The van der Waals surface area contributed by atoms with E-state index in [1.54, 1.807) is 0 Å². The Kier molecular flexibility index (Phi) is 21.5. The average molecular weight is 274 g/mol. The normalized spacial score (nSPS) is 9.84. The van der Waals surface area contributed by atoms with E-state index in [0.29, 0.717) is 13.1 Å². The van der Waals surface area contributed by atoms with Crippen molar-refractivity contribution in [3.05, 3.63) is 0 Å². The van der Waals surface area contributed by atoms with Gasteiger partial charge in [-0.05, 0) is 19.4 Å². The molecule has 0 bridgehead atoms. The van der Waals surface area contributed by atoms with Gasteiger partial charge in [-0.25, -0.2) is 0 Å². The number of carboxylic acid groups (broad SMARTS) is 1. The zero-order valence-electron chi connectivity index (χ0n) is 12.9. The Hall–Kier alpha value is -0.610. The van der Waals surface area contributed by atoms with Crippen LogP contribution in [0.4, 0.5) is 0 Å². The molecule has 0 spiro atoms. The van der Waals surface area contributed by atoms with E-state index in [2.05, 4.69) is 19.2 Å². The van der Waals surface area contributed by atoms with Gasteiger partial charge < -0.3 is 16.2 Å². The lowest BCUT2D eigenvalue weighted by atomic mass is 10.1. The van der Waals surface area contributed by atoms with Gasteiger partial charge in [-0.2, -0.15) is 0 Å². The van der Waals surface area contributed by atoms with Gasteiger partial charge in [0.25, 0.3) is 0 Å². The number of carbonyl (C=O) groups is 1. The lowest BCUT2D eigenvalue weighted by Gasteiger charge is -1.98. The van der Waals surface area contributed by atoms with E-state index < -0.39 is 5.97 Å². The first-order valence-electron chi connectivity index (χ1n) is 7.81. The van der Waals surface area contributed by atoms with Crippen LogP contribution in [0.15, 0.2) is 0 Å². The summed E-state index contributed by atoms with van der Waals surface area (Å²) < 4.78 is 0. The molecule has 4 N–H and O–H groups in total. The van der Waals surface area contributed by atoms with E-state index >= 15 is 0 Å². The van der Waals surface area contributed by atoms with Crippen molar-refractivity contribution in [3.63, 3.8) is 0 Å². The van der Waals surface area contributed by atoms with Crippen molar-refractivity contribution in [1.82, 2.24) is 5.32 Å². The van der Waals surface area contributed by atoms with Crippen LogP contribution in [0.5, 0.6) is 0 Å². The van der Waals surface area contributed by atoms with Crippen LogP contribution >= 0.6 is 0 Å². The van der Waals surface area contributed by atoms with Crippen molar-refractivity contribution in [1.29, 1.82) is 0 Å². The summed E-state index contributed by atoms with van der Waals surface area (Å²) in [6.07, 6.45) is 11.2. The first kappa shape index (κ1) is 20.7. The first-order chi connectivity index (χ1) is 9.18. The Morgan fingerprint density at radius 1 is 0.947 bits per heavy atom. The number of hydrogen-bond donors (Lipinski definition) is 3. The summed E-state index contributed by atoms with van der Waals surface area (Å²) in [6, 6.07) is 0. The van der Waals surface area contributed by atoms with Gasteiger partial charge in [0, 0.05) is 13.1 Å². The van der Waals surface area contributed by atoms with Gasteiger partial charge >= 0.3 is 5.97 Å². The van der Waals surface area contributed by atoms with Crippen molar-refractivity contribution in [2.45, 2.75) is 78.1 Å². The summed E-state index contributed by atoms with van der Waals surface area (Å²) in [5.74, 6) is -0.670. The number of hydrogen-bond acceptors (Lipinski definition) is 3. The van der Waals surface area contributed by atoms with Crippen molar-refractivity contribution < 1.29 is 9.90 Å². The van der Waals surface area contributed by atoms with Gasteiger partial charge in [0.1, 0.15) is 0 Å². The lowest BCUT2D eigenvalue weighted by molar-refractivity contribution is -0.137. The molecular weight excluding hydrogens is 240 g/mol. The Morgan fingerprint density at radius 2 is 1.47 bits per heavy atom. The van der Waals surface area contributed by atoms with Crippen molar-refractivity contribution in [2.75, 3.05) is 13.2 Å². The number of rotatable bonds is 12. The van der Waals surface area contributed by atoms with Gasteiger partial charge in [0.2, 0.25) is 0 Å². The monoisotopic (exact) mass is 274 g/mol. The molecular formula is C15H34N2O2. The zero-order valence-corrected chi connectivity index (χ0v) is 12.9. The third-order valence-corrected chi connectivity index (χ3v) is 2.85. The molecule has 0 saturated heterocycles. The topological polar surface area (TPSA) is 75.3 Å². The van der Waals surface area contributed by atoms with Crippen molar-refractivity contribution in [3.8, 4) is 0 Å². The molecule has 0 fully saturated rings. The average Bonchev–Trinajstić information content (AvgIpc) is 2.39. The molecule has 4 heteroatoms. The molecule has 0 aromatic rings. The summed E-state index contributed by atoms with van der Waals surface area (Å²) >= 11 is 0. The second kappa shape index (κ2) is 19.7. The Labute approximate surface area is 119 Å². The molecule has 4 nitrogen and oxygen atoms in total. The smallest absolute Gasteiger partial charge is 0.303 e. The molecule has 0 aliphatic carbocycles. The number of aliphatic carboxylic acids is 1. The van der Waals surface area contributed by atoms with E-state index in [9.17, 15) is 4.79 Å². The third kappa shape index (κ3) is 26.8. The second-order valence-electron chi connectivity index (χ2n) is 4.82. The van der Waals surface area contributed by atoms with Crippen LogP contribution in [-0.4, -0.2) is 24.3 Å². The summed E-state index contributed by atoms with van der Waals surface area (Å²) in [5, 5.41) is 11.4. The van der Waals surface area contributed by atoms with Gasteiger partial charge in [-0.1, -0.05) is 58.8 Å². The molecule has 0 heterocycles. The lowest BCUT2D eigenvalue weighted by Crippen LogP contribution is -2.23. The molecule has 0 unspecified atom stereocenters. The number of nitrogens with two attached hydrogens (primary N) is 1. The predicted molar refractivity (Wildman–Crippen MR) is 82.2 cm³/mol. The van der Waals surface area contributed by atoms with E-state index in [0.717, 1.165) is 19.4 Å². The Morgan fingerprint density at radius 3 is 1.95 bits per heavy atom. The van der Waals surface area contributed by atoms with E-state index in [1.807, 2.05) is 0 Å². The molecule has 0 atom stereocenters. The summed E-state index contributed by atoms with van der Waals surface area (Å²) in [4.78, 5) is 10.0. The molecule has 0 aromatic carbocycles. The fourth-order valence-corrected chi connectivity index (χ4v) is 1.66. The van der Waals surface area contributed by atoms with Crippen LogP contribution in [0.1, 0.15) is 78.1 Å². The number of nitrogens with one attached hydrogen (secondary N) is 1. The summed E-state index contributed by atoms with van der Waals surface area (Å²) in [5.41, 5.74) is 5.23. The van der Waals surface area contributed by atoms with Crippen molar-refractivity contribution >= 4 is 5.97 Å². The first-order valence-corrected chi connectivity index (χ1v) is 7.81. The highest BCUT2D eigenvalue weighted by molar-refractivity contribution is 5.66. The highest BCUT2D eigenvalue weighted by atomic mass is 16.4.